The van der Waals surface area contributed by atoms with Crippen molar-refractivity contribution in [2.75, 3.05) is 67.0 Å². The van der Waals surface area contributed by atoms with E-state index in [0.29, 0.717) is 117 Å². The van der Waals surface area contributed by atoms with Crippen LogP contribution in [0.15, 0.2) is 103 Å². The number of hydrogen-bond acceptors (Lipinski definition) is 15. The first-order valence-electron chi connectivity index (χ1n) is 23.7. The van der Waals surface area contributed by atoms with Crippen molar-refractivity contribution in [1.82, 2.24) is 24.8 Å². The van der Waals surface area contributed by atoms with Crippen LogP contribution in [0, 0.1) is 11.7 Å². The van der Waals surface area contributed by atoms with Gasteiger partial charge in [-0.2, -0.15) is 0 Å². The number of carboxylic acid groups (broad SMARTS) is 1. The summed E-state index contributed by atoms with van der Waals surface area (Å²) in [7, 11) is 3.24. The third kappa shape index (κ3) is 10.7. The van der Waals surface area contributed by atoms with Gasteiger partial charge in [0.1, 0.15) is 53.2 Å². The minimum Gasteiger partial charge on any atom is -0.496 e. The average Bonchev–Trinajstić information content (AvgIpc) is 3.80. The SMILES string of the molecule is COCCOCCOCCC1CCN(/C=C2/COc3ccc(OCc4ccnc(-c5ccccc5OC)n4)c(c3)C[C@H](C(=O)O)Oc3ncnc4sc5c6ccc(F)cc6c6c(Cl)c(ccc6c5c34)O2)CC1. The first-order chi connectivity index (χ1) is 35.2. The number of para-hydroxylation sites is 1. The number of piperidine rings is 1. The highest BCUT2D eigenvalue weighted by Gasteiger charge is 2.28. The van der Waals surface area contributed by atoms with Crippen LogP contribution in [0.2, 0.25) is 5.02 Å². The van der Waals surface area contributed by atoms with Gasteiger partial charge in [-0.1, -0.05) is 29.8 Å². The van der Waals surface area contributed by atoms with Crippen LogP contribution in [0.4, 0.5) is 4.39 Å². The number of aliphatic carboxylic acids is 1. The lowest BCUT2D eigenvalue weighted by Crippen LogP contribution is -2.31. The molecule has 15 nitrogen and oxygen atoms in total. The van der Waals surface area contributed by atoms with Crippen LogP contribution in [0.5, 0.6) is 28.9 Å². The van der Waals surface area contributed by atoms with E-state index in [-0.39, 0.29) is 30.5 Å². The molecule has 1 saturated heterocycles. The van der Waals surface area contributed by atoms with E-state index in [1.165, 1.54) is 29.8 Å². The van der Waals surface area contributed by atoms with Gasteiger partial charge in [0.15, 0.2) is 11.6 Å². The van der Waals surface area contributed by atoms with Crippen molar-refractivity contribution in [3.05, 3.63) is 125 Å². The number of benzene rings is 5. The van der Waals surface area contributed by atoms with Crippen molar-refractivity contribution in [2.24, 2.45) is 5.92 Å². The number of ether oxygens (including phenoxy) is 8. The predicted molar refractivity (Wildman–Crippen MR) is 272 cm³/mol. The number of hydrogen-bond donors (Lipinski definition) is 1. The Morgan fingerprint density at radius 3 is 2.54 bits per heavy atom. The topological polar surface area (TPSA) is 166 Å². The molecule has 5 aromatic carbocycles. The highest BCUT2D eigenvalue weighted by atomic mass is 35.5. The van der Waals surface area contributed by atoms with Crippen LogP contribution < -0.4 is 23.7 Å². The van der Waals surface area contributed by atoms with Crippen molar-refractivity contribution >= 4 is 70.8 Å². The number of nitrogens with zero attached hydrogens (tertiary/aromatic N) is 5. The molecule has 6 bridgehead atoms. The molecule has 1 N–H and O–H groups in total. The number of carbonyl (C=O) groups is 1. The van der Waals surface area contributed by atoms with Crippen molar-refractivity contribution < 1.29 is 52.2 Å². The molecule has 0 radical (unpaired) electrons. The predicted octanol–water partition coefficient (Wildman–Crippen LogP) is 10.5. The van der Waals surface area contributed by atoms with Crippen LogP contribution in [-0.2, 0) is 32.0 Å². The van der Waals surface area contributed by atoms with Crippen molar-refractivity contribution in [3.8, 4) is 40.3 Å². The number of likely N-dealkylation sites (tertiary alicyclic amines) is 1. The van der Waals surface area contributed by atoms with Gasteiger partial charge < -0.3 is 47.9 Å². The first-order valence-corrected chi connectivity index (χ1v) is 24.8. The lowest BCUT2D eigenvalue weighted by atomic mass is 9.94. The fourth-order valence-corrected chi connectivity index (χ4v) is 10.7. The van der Waals surface area contributed by atoms with Gasteiger partial charge in [0.05, 0.1) is 55.2 Å². The number of halogens is 2. The smallest absolute Gasteiger partial charge is 0.345 e. The Hall–Kier alpha value is -6.89. The third-order valence-corrected chi connectivity index (χ3v) is 14.3. The highest BCUT2D eigenvalue weighted by molar-refractivity contribution is 7.26. The van der Waals surface area contributed by atoms with Crippen molar-refractivity contribution in [2.45, 2.75) is 38.4 Å². The molecule has 3 aliphatic rings. The molecule has 0 unspecified atom stereocenters. The Morgan fingerprint density at radius 1 is 0.889 bits per heavy atom. The van der Waals surface area contributed by atoms with Crippen LogP contribution in [-0.4, -0.2) is 109 Å². The van der Waals surface area contributed by atoms with E-state index in [9.17, 15) is 9.90 Å². The average molecular weight is 1020 g/mol. The number of methoxy groups -OCH3 is 2. The molecule has 0 spiro atoms. The van der Waals surface area contributed by atoms with Gasteiger partial charge in [-0.25, -0.2) is 29.1 Å². The van der Waals surface area contributed by atoms with E-state index >= 15 is 4.39 Å². The van der Waals surface area contributed by atoms with Gasteiger partial charge in [-0.3, -0.25) is 0 Å². The quantitative estimate of drug-likeness (QED) is 0.0717. The van der Waals surface area contributed by atoms with Gasteiger partial charge in [-0.05, 0) is 96.6 Å². The van der Waals surface area contributed by atoms with E-state index in [1.807, 2.05) is 36.5 Å². The molecule has 72 heavy (non-hydrogen) atoms. The maximum atomic E-state index is 15.2. The molecule has 11 rings (SSSR count). The van der Waals surface area contributed by atoms with Gasteiger partial charge in [0, 0.05) is 72.0 Å². The largest absolute Gasteiger partial charge is 0.496 e. The highest BCUT2D eigenvalue weighted by Crippen LogP contribution is 2.49. The summed E-state index contributed by atoms with van der Waals surface area (Å²) in [6.07, 6.45) is 6.21. The molecule has 18 heteroatoms. The maximum Gasteiger partial charge on any atom is 0.345 e. The van der Waals surface area contributed by atoms with Gasteiger partial charge >= 0.3 is 5.97 Å². The molecule has 0 aliphatic carbocycles. The molecule has 1 atom stereocenters. The maximum absolute atomic E-state index is 15.2. The third-order valence-electron chi connectivity index (χ3n) is 12.8. The van der Waals surface area contributed by atoms with Crippen LogP contribution >= 0.6 is 22.9 Å². The molecule has 372 valence electrons. The molecule has 3 aromatic heterocycles. The zero-order valence-electron chi connectivity index (χ0n) is 39.6. The lowest BCUT2D eigenvalue weighted by Gasteiger charge is -2.31. The Morgan fingerprint density at radius 2 is 1.71 bits per heavy atom. The van der Waals surface area contributed by atoms with Crippen LogP contribution in [0.25, 0.3) is 53.2 Å². The molecular formula is C54H51ClFN5O10S. The molecular weight excluding hydrogens is 965 g/mol. The second-order valence-electron chi connectivity index (χ2n) is 17.4. The van der Waals surface area contributed by atoms with E-state index in [4.69, 9.17) is 54.5 Å². The zero-order valence-corrected chi connectivity index (χ0v) is 41.2. The standard InChI is InChI=1S/C54H51ClFN5O10S/c1-64-21-22-67-24-23-66-20-16-32-14-18-61(19-15-32)28-37-30-68-36-8-11-42(69-29-35-13-17-57-51(60-35)39-5-3-4-6-43(39)65-2)33(25-36)26-45(54(62)63)71-52-48-47-40-10-12-44(70-37)49(55)46(40)41-27-34(56)7-9-38(41)50(47)72-53(48)59-31-58-52/h3-13,17,25,27-28,31-32,45H,14-16,18-24,26,29-30H2,1-2H3,(H,62,63)/b37-28-/t45-/m1/s1. The lowest BCUT2D eigenvalue weighted by molar-refractivity contribution is -0.145. The monoisotopic (exact) mass is 1020 g/mol. The zero-order chi connectivity index (χ0) is 49.6. The van der Waals surface area contributed by atoms with Crippen LogP contribution in [0.3, 0.4) is 0 Å². The Kier molecular flexibility index (Phi) is 15.1. The van der Waals surface area contributed by atoms with Gasteiger partial charge in [0.25, 0.3) is 0 Å². The van der Waals surface area contributed by atoms with Crippen LogP contribution in [0.1, 0.15) is 30.5 Å². The fourth-order valence-electron chi connectivity index (χ4n) is 9.20. The summed E-state index contributed by atoms with van der Waals surface area (Å²) in [6, 6.07) is 22.7. The molecule has 6 heterocycles. The molecule has 0 amide bonds. The summed E-state index contributed by atoms with van der Waals surface area (Å²) in [5, 5.41) is 14.8. The van der Waals surface area contributed by atoms with Crippen molar-refractivity contribution in [3.63, 3.8) is 0 Å². The molecule has 3 aliphatic heterocycles. The van der Waals surface area contributed by atoms with Crippen molar-refractivity contribution in [1.29, 1.82) is 0 Å². The molecule has 8 aromatic rings. The second kappa shape index (κ2) is 22.3. The summed E-state index contributed by atoms with van der Waals surface area (Å²) in [5.74, 6) is 1.59. The molecule has 0 saturated carbocycles. The Bertz CT molecular complexity index is 3300. The minimum atomic E-state index is -1.45. The van der Waals surface area contributed by atoms with E-state index in [2.05, 4.69) is 19.9 Å². The van der Waals surface area contributed by atoms with Gasteiger partial charge in [-0.15, -0.1) is 11.3 Å². The number of fused-ring (bicyclic) bond motifs is 8. The summed E-state index contributed by atoms with van der Waals surface area (Å²) in [6.45, 7) is 4.40. The summed E-state index contributed by atoms with van der Waals surface area (Å²) in [4.78, 5) is 34.4. The van der Waals surface area contributed by atoms with Gasteiger partial charge in [0.2, 0.25) is 12.0 Å². The summed E-state index contributed by atoms with van der Waals surface area (Å²) >= 11 is 8.79. The number of carboxylic acids is 1. The minimum absolute atomic E-state index is 0.0274. The second-order valence-corrected chi connectivity index (χ2v) is 18.8. The summed E-state index contributed by atoms with van der Waals surface area (Å²) in [5.41, 5.74) is 1.79. The Labute approximate surface area is 423 Å². The molecule has 1 fully saturated rings. The fraction of sp³-hybridized carbons (Fsp3) is 0.315. The first kappa shape index (κ1) is 48.7. The van der Waals surface area contributed by atoms with E-state index in [1.54, 1.807) is 56.8 Å². The Balaban J connectivity index is 1.01. The number of aromatic nitrogens is 4. The van der Waals surface area contributed by atoms with E-state index in [0.717, 1.165) is 48.0 Å². The normalized spacial score (nSPS) is 16.0. The number of rotatable bonds is 16. The summed E-state index contributed by atoms with van der Waals surface area (Å²) < 4.78 is 64.2. The van der Waals surface area contributed by atoms with E-state index < -0.39 is 17.9 Å². The number of thiophene rings is 1.